The van der Waals surface area contributed by atoms with E-state index in [0.29, 0.717) is 5.22 Å². The minimum absolute atomic E-state index is 0.567. The van der Waals surface area contributed by atoms with Gasteiger partial charge in [-0.15, -0.1) is 10.2 Å². The number of hydrogen-bond donors (Lipinski definition) is 0. The molecule has 0 saturated carbocycles. The monoisotopic (exact) mass is 322 g/mol. The van der Waals surface area contributed by atoms with Crippen molar-refractivity contribution in [1.29, 1.82) is 0 Å². The molecule has 0 unspecified atom stereocenters. The first kappa shape index (κ1) is 14.0. The van der Waals surface area contributed by atoms with Gasteiger partial charge in [0.25, 0.3) is 5.22 Å². The first-order valence-corrected chi connectivity index (χ1v) is 8.02. The summed E-state index contributed by atoms with van der Waals surface area (Å²) in [6.07, 6.45) is 0. The molecule has 114 valence electrons. The summed E-state index contributed by atoms with van der Waals surface area (Å²) in [5.41, 5.74) is 3.86. The number of hydrogen-bond acceptors (Lipinski definition) is 5. The molecule has 0 bridgehead atoms. The second-order valence-corrected chi connectivity index (χ2v) is 6.20. The Kier molecular flexibility index (Phi) is 3.38. The van der Waals surface area contributed by atoms with Crippen LogP contribution in [0.15, 0.2) is 63.3 Å². The lowest BCUT2D eigenvalue weighted by atomic mass is 10.1. The molecule has 6 heteroatoms. The fourth-order valence-corrected chi connectivity index (χ4v) is 3.15. The van der Waals surface area contributed by atoms with Gasteiger partial charge in [0.1, 0.15) is 5.52 Å². The summed E-state index contributed by atoms with van der Waals surface area (Å²) in [7, 11) is 1.95. The Hall–Kier alpha value is -2.60. The number of fused-ring (bicyclic) bond motifs is 1. The number of nitrogens with zero attached hydrogens (tertiary/aromatic N) is 4. The van der Waals surface area contributed by atoms with E-state index in [1.807, 2.05) is 48.0 Å². The summed E-state index contributed by atoms with van der Waals surface area (Å²) in [5.74, 6) is 0.826. The standard InChI is InChI=1S/C17H14N4OS/c1-11-6-5-7-12(10-11)15-19-20-16(21(15)2)23-17-18-13-8-3-4-9-14(13)22-17/h3-10H,1-2H3. The minimum Gasteiger partial charge on any atom is -0.431 e. The number of aryl methyl sites for hydroxylation is 1. The van der Waals surface area contributed by atoms with Crippen molar-refractivity contribution in [3.05, 3.63) is 54.1 Å². The normalized spacial score (nSPS) is 11.2. The molecule has 5 nitrogen and oxygen atoms in total. The Labute approximate surface area is 137 Å². The number of aromatic nitrogens is 4. The summed E-state index contributed by atoms with van der Waals surface area (Å²) in [6, 6.07) is 15.9. The van der Waals surface area contributed by atoms with E-state index in [2.05, 4.69) is 34.2 Å². The van der Waals surface area contributed by atoms with Crippen molar-refractivity contribution in [3.8, 4) is 11.4 Å². The van der Waals surface area contributed by atoms with E-state index >= 15 is 0 Å². The average Bonchev–Trinajstić information content (AvgIpc) is 3.11. The molecular formula is C17H14N4OS. The molecule has 23 heavy (non-hydrogen) atoms. The molecule has 0 aliphatic carbocycles. The lowest BCUT2D eigenvalue weighted by Gasteiger charge is -2.03. The van der Waals surface area contributed by atoms with Gasteiger partial charge in [-0.05, 0) is 25.1 Å². The van der Waals surface area contributed by atoms with Gasteiger partial charge < -0.3 is 8.98 Å². The topological polar surface area (TPSA) is 56.7 Å². The Bertz CT molecular complexity index is 956. The highest BCUT2D eigenvalue weighted by molar-refractivity contribution is 7.99. The van der Waals surface area contributed by atoms with Crippen LogP contribution in [0.1, 0.15) is 5.56 Å². The van der Waals surface area contributed by atoms with Crippen LogP contribution in [0.4, 0.5) is 0 Å². The van der Waals surface area contributed by atoms with Crippen molar-refractivity contribution in [2.24, 2.45) is 7.05 Å². The average molecular weight is 322 g/mol. The van der Waals surface area contributed by atoms with Gasteiger partial charge in [0.15, 0.2) is 11.4 Å². The molecule has 2 aromatic carbocycles. The third kappa shape index (κ3) is 2.61. The van der Waals surface area contributed by atoms with Crippen molar-refractivity contribution >= 4 is 22.9 Å². The molecule has 0 radical (unpaired) electrons. The Morgan fingerprint density at radius 1 is 1.04 bits per heavy atom. The second-order valence-electron chi connectivity index (χ2n) is 5.28. The van der Waals surface area contributed by atoms with Crippen LogP contribution in [0.3, 0.4) is 0 Å². The van der Waals surface area contributed by atoms with Crippen LogP contribution in [-0.2, 0) is 7.05 Å². The smallest absolute Gasteiger partial charge is 0.264 e. The van der Waals surface area contributed by atoms with Gasteiger partial charge in [-0.2, -0.15) is 0 Å². The van der Waals surface area contributed by atoms with Gasteiger partial charge in [-0.1, -0.05) is 35.9 Å². The largest absolute Gasteiger partial charge is 0.431 e. The van der Waals surface area contributed by atoms with Crippen molar-refractivity contribution in [2.75, 3.05) is 0 Å². The van der Waals surface area contributed by atoms with Crippen molar-refractivity contribution < 1.29 is 4.42 Å². The van der Waals surface area contributed by atoms with Crippen molar-refractivity contribution in [2.45, 2.75) is 17.3 Å². The fraction of sp³-hybridized carbons (Fsp3) is 0.118. The summed E-state index contributed by atoms with van der Waals surface area (Å²) in [4.78, 5) is 4.46. The van der Waals surface area contributed by atoms with Crippen LogP contribution in [0.5, 0.6) is 0 Å². The molecule has 4 aromatic rings. The second kappa shape index (κ2) is 5.55. The first-order valence-electron chi connectivity index (χ1n) is 7.20. The SMILES string of the molecule is Cc1cccc(-c2nnc(Sc3nc4ccccc4o3)n2C)c1. The van der Waals surface area contributed by atoms with E-state index in [0.717, 1.165) is 27.6 Å². The third-order valence-corrected chi connectivity index (χ3v) is 4.45. The van der Waals surface area contributed by atoms with Crippen LogP contribution in [0.25, 0.3) is 22.5 Å². The summed E-state index contributed by atoms with van der Waals surface area (Å²) in [6.45, 7) is 2.06. The lowest BCUT2D eigenvalue weighted by Crippen LogP contribution is -1.94. The molecule has 0 amide bonds. The molecule has 0 spiro atoms. The van der Waals surface area contributed by atoms with Crippen molar-refractivity contribution in [3.63, 3.8) is 0 Å². The molecule has 0 fully saturated rings. The van der Waals surface area contributed by atoms with Gasteiger partial charge in [-0.3, -0.25) is 0 Å². The van der Waals surface area contributed by atoms with E-state index in [-0.39, 0.29) is 0 Å². The number of para-hydroxylation sites is 2. The Morgan fingerprint density at radius 3 is 2.74 bits per heavy atom. The van der Waals surface area contributed by atoms with Gasteiger partial charge >= 0.3 is 0 Å². The molecule has 0 atom stereocenters. The molecule has 0 aliphatic rings. The quantitative estimate of drug-likeness (QED) is 0.569. The Morgan fingerprint density at radius 2 is 1.91 bits per heavy atom. The maximum atomic E-state index is 5.73. The highest BCUT2D eigenvalue weighted by Crippen LogP contribution is 2.30. The minimum atomic E-state index is 0.567. The van der Waals surface area contributed by atoms with Gasteiger partial charge in [-0.25, -0.2) is 4.98 Å². The van der Waals surface area contributed by atoms with Gasteiger partial charge in [0.2, 0.25) is 5.16 Å². The van der Waals surface area contributed by atoms with E-state index in [4.69, 9.17) is 4.42 Å². The molecule has 0 N–H and O–H groups in total. The molecule has 0 aliphatic heterocycles. The molecule has 2 heterocycles. The molecule has 4 rings (SSSR count). The predicted octanol–water partition coefficient (Wildman–Crippen LogP) is 4.08. The number of oxazole rings is 1. The van der Waals surface area contributed by atoms with Crippen LogP contribution in [0, 0.1) is 6.92 Å². The summed E-state index contributed by atoms with van der Waals surface area (Å²) >= 11 is 1.37. The third-order valence-electron chi connectivity index (χ3n) is 3.56. The number of rotatable bonds is 3. The first-order chi connectivity index (χ1) is 11.2. The van der Waals surface area contributed by atoms with Crippen LogP contribution >= 0.6 is 11.8 Å². The van der Waals surface area contributed by atoms with Crippen LogP contribution in [0.2, 0.25) is 0 Å². The van der Waals surface area contributed by atoms with Crippen LogP contribution < -0.4 is 0 Å². The Balaban J connectivity index is 1.68. The van der Waals surface area contributed by atoms with E-state index in [1.54, 1.807) is 0 Å². The highest BCUT2D eigenvalue weighted by Gasteiger charge is 2.15. The van der Waals surface area contributed by atoms with Gasteiger partial charge in [0.05, 0.1) is 0 Å². The zero-order valence-corrected chi connectivity index (χ0v) is 13.5. The van der Waals surface area contributed by atoms with Gasteiger partial charge in [0, 0.05) is 24.4 Å². The zero-order chi connectivity index (χ0) is 15.8. The van der Waals surface area contributed by atoms with E-state index < -0.39 is 0 Å². The molecular weight excluding hydrogens is 308 g/mol. The predicted molar refractivity (Wildman–Crippen MR) is 89.3 cm³/mol. The lowest BCUT2D eigenvalue weighted by molar-refractivity contribution is 0.488. The van der Waals surface area contributed by atoms with E-state index in [9.17, 15) is 0 Å². The summed E-state index contributed by atoms with van der Waals surface area (Å²) in [5, 5.41) is 9.87. The summed E-state index contributed by atoms with van der Waals surface area (Å²) < 4.78 is 7.68. The maximum Gasteiger partial charge on any atom is 0.264 e. The molecule has 2 aromatic heterocycles. The van der Waals surface area contributed by atoms with E-state index in [1.165, 1.54) is 17.3 Å². The molecule has 0 saturated heterocycles. The fourth-order valence-electron chi connectivity index (χ4n) is 2.41. The maximum absolute atomic E-state index is 5.73. The zero-order valence-electron chi connectivity index (χ0n) is 12.7. The van der Waals surface area contributed by atoms with Crippen molar-refractivity contribution in [1.82, 2.24) is 19.7 Å². The highest BCUT2D eigenvalue weighted by atomic mass is 32.2. The van der Waals surface area contributed by atoms with Crippen LogP contribution in [-0.4, -0.2) is 19.7 Å². The number of benzene rings is 2.